The summed E-state index contributed by atoms with van der Waals surface area (Å²) in [6.07, 6.45) is 0.446. The van der Waals surface area contributed by atoms with Crippen LogP contribution in [0.2, 0.25) is 5.02 Å². The highest BCUT2D eigenvalue weighted by Gasteiger charge is 2.21. The van der Waals surface area contributed by atoms with E-state index in [1.807, 2.05) is 54.3 Å². The van der Waals surface area contributed by atoms with Gasteiger partial charge in [-0.25, -0.2) is 0 Å². The molecule has 2 amide bonds. The minimum atomic E-state index is -0.232. The number of carbonyl (C=O) groups is 2. The highest BCUT2D eigenvalue weighted by Crippen LogP contribution is 2.22. The molecule has 1 aliphatic rings. The summed E-state index contributed by atoms with van der Waals surface area (Å²) in [5.41, 5.74) is 4.47. The smallest absolute Gasteiger partial charge is 0.257 e. The molecule has 32 heavy (non-hydrogen) atoms. The van der Waals surface area contributed by atoms with Crippen LogP contribution in [-0.4, -0.2) is 42.9 Å². The van der Waals surface area contributed by atoms with Crippen LogP contribution >= 0.6 is 11.6 Å². The maximum Gasteiger partial charge on any atom is 0.257 e. The molecule has 1 heterocycles. The molecule has 164 valence electrons. The van der Waals surface area contributed by atoms with Gasteiger partial charge in [-0.2, -0.15) is 0 Å². The van der Waals surface area contributed by atoms with E-state index in [0.717, 1.165) is 24.3 Å². The Bertz CT molecular complexity index is 1110. The van der Waals surface area contributed by atoms with Crippen molar-refractivity contribution in [2.45, 2.75) is 13.3 Å². The fourth-order valence-electron chi connectivity index (χ4n) is 3.92. The molecule has 0 radical (unpaired) electrons. The van der Waals surface area contributed by atoms with Crippen LogP contribution in [0.15, 0.2) is 72.8 Å². The second kappa shape index (κ2) is 9.88. The molecule has 1 fully saturated rings. The highest BCUT2D eigenvalue weighted by molar-refractivity contribution is 6.34. The van der Waals surface area contributed by atoms with Gasteiger partial charge in [0.1, 0.15) is 0 Å². The fourth-order valence-corrected chi connectivity index (χ4v) is 4.14. The molecule has 0 saturated carbocycles. The van der Waals surface area contributed by atoms with Crippen molar-refractivity contribution in [1.82, 2.24) is 4.90 Å². The van der Waals surface area contributed by atoms with Crippen molar-refractivity contribution >= 4 is 34.8 Å². The summed E-state index contributed by atoms with van der Waals surface area (Å²) in [6, 6.07) is 22.9. The molecule has 6 heteroatoms. The molecule has 0 atom stereocenters. The van der Waals surface area contributed by atoms with Gasteiger partial charge in [0.05, 0.1) is 17.0 Å². The van der Waals surface area contributed by atoms with Gasteiger partial charge < -0.3 is 15.1 Å². The number of amides is 2. The first-order chi connectivity index (χ1) is 15.5. The van der Waals surface area contributed by atoms with Gasteiger partial charge >= 0.3 is 0 Å². The first-order valence-corrected chi connectivity index (χ1v) is 11.1. The maximum absolute atomic E-state index is 12.7. The Balaban J connectivity index is 1.30. The molecule has 3 aromatic rings. The average molecular weight is 448 g/mol. The Hall–Kier alpha value is -3.31. The largest absolute Gasteiger partial charge is 0.368 e. The highest BCUT2D eigenvalue weighted by atomic mass is 35.5. The Morgan fingerprint density at radius 2 is 1.62 bits per heavy atom. The van der Waals surface area contributed by atoms with E-state index in [0.29, 0.717) is 35.8 Å². The Labute approximate surface area is 193 Å². The molecular formula is C26H26ClN3O2. The molecule has 1 N–H and O–H groups in total. The van der Waals surface area contributed by atoms with E-state index in [-0.39, 0.29) is 11.8 Å². The van der Waals surface area contributed by atoms with Crippen molar-refractivity contribution in [2.24, 2.45) is 0 Å². The molecule has 0 aliphatic carbocycles. The maximum atomic E-state index is 12.7. The zero-order chi connectivity index (χ0) is 22.5. The van der Waals surface area contributed by atoms with Crippen LogP contribution < -0.4 is 10.2 Å². The number of nitrogens with one attached hydrogen (secondary N) is 1. The number of piperazine rings is 1. The standard InChI is InChI=1S/C26H26ClN3O2/c1-19-5-4-6-20(17-19)18-25(31)30-15-13-29(14-16-30)22-11-9-21(10-12-22)28-26(32)23-7-2-3-8-24(23)27/h2-12,17H,13-16,18H2,1H3,(H,28,32). The van der Waals surface area contributed by atoms with E-state index in [4.69, 9.17) is 11.6 Å². The van der Waals surface area contributed by atoms with Gasteiger partial charge in [-0.1, -0.05) is 53.6 Å². The summed E-state index contributed by atoms with van der Waals surface area (Å²) >= 11 is 6.10. The van der Waals surface area contributed by atoms with Gasteiger partial charge in [0.15, 0.2) is 0 Å². The summed E-state index contributed by atoms with van der Waals surface area (Å²) in [7, 11) is 0. The van der Waals surface area contributed by atoms with Crippen molar-refractivity contribution in [3.8, 4) is 0 Å². The normalized spacial score (nSPS) is 13.7. The number of anilines is 2. The molecule has 0 unspecified atom stereocenters. The number of aryl methyl sites for hydroxylation is 1. The van der Waals surface area contributed by atoms with Gasteiger partial charge in [0, 0.05) is 37.6 Å². The quantitative estimate of drug-likeness (QED) is 0.611. The van der Waals surface area contributed by atoms with Crippen LogP contribution in [0.3, 0.4) is 0 Å². The second-order valence-corrected chi connectivity index (χ2v) is 8.42. The summed E-state index contributed by atoms with van der Waals surface area (Å²) in [5.74, 6) is -0.0584. The van der Waals surface area contributed by atoms with Gasteiger partial charge in [0.25, 0.3) is 5.91 Å². The minimum Gasteiger partial charge on any atom is -0.368 e. The van der Waals surface area contributed by atoms with Crippen LogP contribution in [0.1, 0.15) is 21.5 Å². The lowest BCUT2D eigenvalue weighted by atomic mass is 10.1. The lowest BCUT2D eigenvalue weighted by molar-refractivity contribution is -0.130. The van der Waals surface area contributed by atoms with Crippen LogP contribution in [0.4, 0.5) is 11.4 Å². The fraction of sp³-hybridized carbons (Fsp3) is 0.231. The molecule has 4 rings (SSSR count). The molecular weight excluding hydrogens is 422 g/mol. The molecule has 1 aliphatic heterocycles. The van der Waals surface area contributed by atoms with Crippen LogP contribution in [-0.2, 0) is 11.2 Å². The number of rotatable bonds is 5. The molecule has 1 saturated heterocycles. The lowest BCUT2D eigenvalue weighted by Gasteiger charge is -2.36. The van der Waals surface area contributed by atoms with Crippen molar-refractivity contribution < 1.29 is 9.59 Å². The summed E-state index contributed by atoms with van der Waals surface area (Å²) < 4.78 is 0. The van der Waals surface area contributed by atoms with Crippen LogP contribution in [0.25, 0.3) is 0 Å². The molecule has 0 bridgehead atoms. The van der Waals surface area contributed by atoms with E-state index in [2.05, 4.69) is 16.3 Å². The van der Waals surface area contributed by atoms with Gasteiger partial charge in [-0.05, 0) is 48.9 Å². The van der Waals surface area contributed by atoms with E-state index in [1.54, 1.807) is 24.3 Å². The topological polar surface area (TPSA) is 52.7 Å². The van der Waals surface area contributed by atoms with Gasteiger partial charge in [-0.3, -0.25) is 9.59 Å². The van der Waals surface area contributed by atoms with Crippen LogP contribution in [0, 0.1) is 6.92 Å². The predicted molar refractivity (Wildman–Crippen MR) is 130 cm³/mol. The number of nitrogens with zero attached hydrogens (tertiary/aromatic N) is 2. The number of hydrogen-bond donors (Lipinski definition) is 1. The van der Waals surface area contributed by atoms with Gasteiger partial charge in [-0.15, -0.1) is 0 Å². The first kappa shape index (κ1) is 21.9. The monoisotopic (exact) mass is 447 g/mol. The van der Waals surface area contributed by atoms with E-state index in [1.165, 1.54) is 5.56 Å². The first-order valence-electron chi connectivity index (χ1n) is 10.7. The Kier molecular flexibility index (Phi) is 6.76. The zero-order valence-electron chi connectivity index (χ0n) is 18.1. The van der Waals surface area contributed by atoms with Crippen molar-refractivity contribution in [2.75, 3.05) is 36.4 Å². The van der Waals surface area contributed by atoms with Crippen molar-refractivity contribution in [3.63, 3.8) is 0 Å². The Morgan fingerprint density at radius 1 is 0.906 bits per heavy atom. The minimum absolute atomic E-state index is 0.174. The van der Waals surface area contributed by atoms with E-state index >= 15 is 0 Å². The number of benzene rings is 3. The second-order valence-electron chi connectivity index (χ2n) is 8.01. The summed E-state index contributed by atoms with van der Waals surface area (Å²) in [5, 5.41) is 3.31. The number of hydrogen-bond acceptors (Lipinski definition) is 3. The molecule has 0 spiro atoms. The zero-order valence-corrected chi connectivity index (χ0v) is 18.8. The SMILES string of the molecule is Cc1cccc(CC(=O)N2CCN(c3ccc(NC(=O)c4ccccc4Cl)cc3)CC2)c1. The third-order valence-corrected chi connectivity index (χ3v) is 6.01. The van der Waals surface area contributed by atoms with Crippen molar-refractivity contribution in [3.05, 3.63) is 94.5 Å². The predicted octanol–water partition coefficient (Wildman–Crippen LogP) is 4.79. The molecule has 5 nitrogen and oxygen atoms in total. The third kappa shape index (κ3) is 5.29. The lowest BCUT2D eigenvalue weighted by Crippen LogP contribution is -2.49. The van der Waals surface area contributed by atoms with E-state index in [9.17, 15) is 9.59 Å². The summed E-state index contributed by atoms with van der Waals surface area (Å²) in [6.45, 7) is 5.02. The average Bonchev–Trinajstić information content (AvgIpc) is 2.80. The summed E-state index contributed by atoms with van der Waals surface area (Å²) in [4.78, 5) is 29.3. The van der Waals surface area contributed by atoms with E-state index < -0.39 is 0 Å². The van der Waals surface area contributed by atoms with Crippen LogP contribution in [0.5, 0.6) is 0 Å². The van der Waals surface area contributed by atoms with Gasteiger partial charge in [0.2, 0.25) is 5.91 Å². The number of carbonyl (C=O) groups excluding carboxylic acids is 2. The molecule has 0 aromatic heterocycles. The molecule has 3 aromatic carbocycles. The van der Waals surface area contributed by atoms with Crippen molar-refractivity contribution in [1.29, 1.82) is 0 Å². The number of halogens is 1. The third-order valence-electron chi connectivity index (χ3n) is 5.68. The Morgan fingerprint density at radius 3 is 2.31 bits per heavy atom.